The van der Waals surface area contributed by atoms with Gasteiger partial charge in [-0.3, -0.25) is 4.99 Å². The number of rotatable bonds is 7. The Morgan fingerprint density at radius 3 is 2.57 bits per heavy atom. The fourth-order valence-corrected chi connectivity index (χ4v) is 2.67. The molecule has 0 spiro atoms. The molecule has 0 fully saturated rings. The Morgan fingerprint density at radius 2 is 1.93 bits per heavy atom. The average Bonchev–Trinajstić information content (AvgIpc) is 2.73. The van der Waals surface area contributed by atoms with E-state index in [0.29, 0.717) is 18.0 Å². The number of benzene rings is 2. The summed E-state index contributed by atoms with van der Waals surface area (Å²) in [6.07, 6.45) is 3.46. The molecule has 0 aliphatic rings. The second-order valence-electron chi connectivity index (χ2n) is 6.48. The minimum absolute atomic E-state index is 0.0187. The van der Waals surface area contributed by atoms with Crippen LogP contribution in [0.2, 0.25) is 0 Å². The third-order valence-corrected chi connectivity index (χ3v) is 4.24. The molecule has 0 radical (unpaired) electrons. The zero-order chi connectivity index (χ0) is 19.9. The van der Waals surface area contributed by atoms with Crippen molar-refractivity contribution in [1.82, 2.24) is 4.98 Å². The number of methoxy groups -OCH3 is 1. The van der Waals surface area contributed by atoms with Gasteiger partial charge in [0.2, 0.25) is 0 Å². The van der Waals surface area contributed by atoms with Crippen LogP contribution in [0.25, 0.3) is 0 Å². The van der Waals surface area contributed by atoms with Crippen molar-refractivity contribution in [2.75, 3.05) is 31.4 Å². The molecule has 2 N–H and O–H groups in total. The lowest BCUT2D eigenvalue weighted by molar-refractivity contribution is 0.374. The van der Waals surface area contributed by atoms with Crippen molar-refractivity contribution in [3.63, 3.8) is 0 Å². The standard InChI is InChI=1S/C22H24N4O2/c1-26(2)18-9-7-16(8-10-18)14-24-19-12-17(13-20(28-3)22(19)27)15-25-21-6-4-5-11-23-21/h4-14,27H,15H2,1-3H3,(H,23,25). The number of aromatic nitrogens is 1. The Kier molecular flexibility index (Phi) is 6.11. The van der Waals surface area contributed by atoms with Gasteiger partial charge >= 0.3 is 0 Å². The number of phenolic OH excluding ortho intramolecular Hbond substituents is 1. The number of nitrogens with one attached hydrogen (secondary N) is 1. The first-order valence-electron chi connectivity index (χ1n) is 8.93. The summed E-state index contributed by atoms with van der Waals surface area (Å²) in [5.74, 6) is 1.18. The van der Waals surface area contributed by atoms with Crippen LogP contribution in [0.4, 0.5) is 17.2 Å². The molecule has 0 aliphatic heterocycles. The monoisotopic (exact) mass is 376 g/mol. The molecule has 0 bridgehead atoms. The molecule has 28 heavy (non-hydrogen) atoms. The van der Waals surface area contributed by atoms with E-state index in [1.165, 1.54) is 7.11 Å². The summed E-state index contributed by atoms with van der Waals surface area (Å²) in [5, 5.41) is 13.7. The van der Waals surface area contributed by atoms with Crippen LogP contribution in [0.3, 0.4) is 0 Å². The molecule has 1 heterocycles. The summed E-state index contributed by atoms with van der Waals surface area (Å²) in [4.78, 5) is 10.7. The lowest BCUT2D eigenvalue weighted by Gasteiger charge is -2.12. The van der Waals surface area contributed by atoms with E-state index in [2.05, 4.69) is 15.3 Å². The predicted octanol–water partition coefficient (Wildman–Crippen LogP) is 4.22. The summed E-state index contributed by atoms with van der Waals surface area (Å²) in [6.45, 7) is 0.535. The van der Waals surface area contributed by atoms with Gasteiger partial charge in [0.15, 0.2) is 11.5 Å². The molecule has 3 aromatic rings. The number of anilines is 2. The molecule has 6 heteroatoms. The van der Waals surface area contributed by atoms with Crippen molar-refractivity contribution in [3.05, 3.63) is 71.9 Å². The van der Waals surface area contributed by atoms with Gasteiger partial charge in [-0.1, -0.05) is 18.2 Å². The molecule has 144 valence electrons. The van der Waals surface area contributed by atoms with Crippen LogP contribution in [-0.2, 0) is 6.54 Å². The van der Waals surface area contributed by atoms with Crippen molar-refractivity contribution in [3.8, 4) is 11.5 Å². The van der Waals surface area contributed by atoms with Crippen LogP contribution in [0.5, 0.6) is 11.5 Å². The van der Waals surface area contributed by atoms with E-state index in [1.54, 1.807) is 18.5 Å². The van der Waals surface area contributed by atoms with Gasteiger partial charge in [0, 0.05) is 38.7 Å². The van der Waals surface area contributed by atoms with E-state index >= 15 is 0 Å². The number of hydrogen-bond donors (Lipinski definition) is 2. The van der Waals surface area contributed by atoms with Crippen LogP contribution >= 0.6 is 0 Å². The van der Waals surface area contributed by atoms with E-state index in [1.807, 2.05) is 67.5 Å². The number of nitrogens with zero attached hydrogens (tertiary/aromatic N) is 3. The lowest BCUT2D eigenvalue weighted by atomic mass is 10.1. The second kappa shape index (κ2) is 8.90. The first-order chi connectivity index (χ1) is 13.6. The highest BCUT2D eigenvalue weighted by Crippen LogP contribution is 2.37. The Hall–Kier alpha value is -3.54. The smallest absolute Gasteiger partial charge is 0.183 e. The molecule has 0 unspecified atom stereocenters. The van der Waals surface area contributed by atoms with Crippen LogP contribution in [0.15, 0.2) is 65.8 Å². The normalized spacial score (nSPS) is 10.8. The maximum absolute atomic E-state index is 10.4. The van der Waals surface area contributed by atoms with Crippen molar-refractivity contribution < 1.29 is 9.84 Å². The maximum Gasteiger partial charge on any atom is 0.183 e. The van der Waals surface area contributed by atoms with E-state index in [9.17, 15) is 5.11 Å². The fraction of sp³-hybridized carbons (Fsp3) is 0.182. The number of ether oxygens (including phenoxy) is 1. The molecule has 1 aromatic heterocycles. The quantitative estimate of drug-likeness (QED) is 0.604. The number of hydrogen-bond acceptors (Lipinski definition) is 6. The van der Waals surface area contributed by atoms with Gasteiger partial charge in [-0.25, -0.2) is 4.98 Å². The van der Waals surface area contributed by atoms with Crippen LogP contribution < -0.4 is 15.0 Å². The number of aromatic hydroxyl groups is 1. The number of pyridine rings is 1. The molecular formula is C22H24N4O2. The zero-order valence-electron chi connectivity index (χ0n) is 16.3. The molecule has 0 saturated carbocycles. The van der Waals surface area contributed by atoms with Gasteiger partial charge in [0.1, 0.15) is 11.5 Å². The molecule has 0 amide bonds. The van der Waals surface area contributed by atoms with Gasteiger partial charge < -0.3 is 20.1 Å². The van der Waals surface area contributed by atoms with E-state index in [4.69, 9.17) is 4.74 Å². The highest BCUT2D eigenvalue weighted by atomic mass is 16.5. The number of aliphatic imine (C=N–C) groups is 1. The summed E-state index contributed by atoms with van der Waals surface area (Å²) >= 11 is 0. The third-order valence-electron chi connectivity index (χ3n) is 4.24. The number of phenols is 1. The highest BCUT2D eigenvalue weighted by molar-refractivity contribution is 5.83. The van der Waals surface area contributed by atoms with Crippen LogP contribution in [-0.4, -0.2) is 37.5 Å². The molecule has 3 rings (SSSR count). The van der Waals surface area contributed by atoms with Crippen LogP contribution in [0.1, 0.15) is 11.1 Å². The molecule has 6 nitrogen and oxygen atoms in total. The van der Waals surface area contributed by atoms with Crippen molar-refractivity contribution in [2.45, 2.75) is 6.54 Å². The summed E-state index contributed by atoms with van der Waals surface area (Å²) < 4.78 is 5.30. The van der Waals surface area contributed by atoms with Crippen LogP contribution in [0, 0.1) is 0 Å². The Bertz CT molecular complexity index is 939. The average molecular weight is 376 g/mol. The Morgan fingerprint density at radius 1 is 1.14 bits per heavy atom. The van der Waals surface area contributed by atoms with Gasteiger partial charge in [-0.05, 0) is 47.5 Å². The molecule has 0 saturated heterocycles. The zero-order valence-corrected chi connectivity index (χ0v) is 16.3. The first-order valence-corrected chi connectivity index (χ1v) is 8.93. The van der Waals surface area contributed by atoms with Gasteiger partial charge in [-0.2, -0.15) is 0 Å². The topological polar surface area (TPSA) is 70.0 Å². The third kappa shape index (κ3) is 4.79. The minimum atomic E-state index is 0.0187. The molecule has 0 aliphatic carbocycles. The first kappa shape index (κ1) is 19.2. The van der Waals surface area contributed by atoms with Gasteiger partial charge in [0.25, 0.3) is 0 Å². The maximum atomic E-state index is 10.4. The van der Waals surface area contributed by atoms with Gasteiger partial charge in [0.05, 0.1) is 7.11 Å². The Balaban J connectivity index is 1.81. The van der Waals surface area contributed by atoms with E-state index in [-0.39, 0.29) is 5.75 Å². The van der Waals surface area contributed by atoms with E-state index < -0.39 is 0 Å². The molecule has 2 aromatic carbocycles. The van der Waals surface area contributed by atoms with Gasteiger partial charge in [-0.15, -0.1) is 0 Å². The minimum Gasteiger partial charge on any atom is -0.503 e. The highest BCUT2D eigenvalue weighted by Gasteiger charge is 2.10. The lowest BCUT2D eigenvalue weighted by Crippen LogP contribution is -2.08. The SMILES string of the molecule is COc1cc(CNc2ccccn2)cc(N=Cc2ccc(N(C)C)cc2)c1O. The Labute approximate surface area is 165 Å². The van der Waals surface area contributed by atoms with Crippen molar-refractivity contribution >= 4 is 23.4 Å². The summed E-state index contributed by atoms with van der Waals surface area (Å²) in [5.41, 5.74) is 3.44. The molecular weight excluding hydrogens is 352 g/mol. The second-order valence-corrected chi connectivity index (χ2v) is 6.48. The summed E-state index contributed by atoms with van der Waals surface area (Å²) in [6, 6.07) is 17.3. The largest absolute Gasteiger partial charge is 0.503 e. The van der Waals surface area contributed by atoms with Crippen molar-refractivity contribution in [1.29, 1.82) is 0 Å². The van der Waals surface area contributed by atoms with E-state index in [0.717, 1.165) is 22.6 Å². The molecule has 0 atom stereocenters. The fourth-order valence-electron chi connectivity index (χ4n) is 2.67. The predicted molar refractivity (Wildman–Crippen MR) is 114 cm³/mol. The van der Waals surface area contributed by atoms with Crippen molar-refractivity contribution in [2.24, 2.45) is 4.99 Å². The summed E-state index contributed by atoms with van der Waals surface area (Å²) in [7, 11) is 5.52.